The van der Waals surface area contributed by atoms with E-state index in [0.717, 1.165) is 25.2 Å². The summed E-state index contributed by atoms with van der Waals surface area (Å²) < 4.78 is 13.7. The molecule has 2 aliphatic heterocycles. The van der Waals surface area contributed by atoms with E-state index in [4.69, 9.17) is 5.26 Å². The number of anilines is 1. The summed E-state index contributed by atoms with van der Waals surface area (Å²) in [6.45, 7) is 1.52. The fourth-order valence-electron chi connectivity index (χ4n) is 2.27. The molecule has 0 N–H and O–H groups in total. The Bertz CT molecular complexity index is 581. The van der Waals surface area contributed by atoms with Crippen molar-refractivity contribution in [3.8, 4) is 6.07 Å². The third-order valence-corrected chi connectivity index (χ3v) is 3.03. The third-order valence-electron chi connectivity index (χ3n) is 3.03. The fraction of sp³-hybridized carbons (Fsp3) is 0.231. The minimum Gasteiger partial charge on any atom is -0.325 e. The molecule has 0 aliphatic carbocycles. The molecule has 17 heavy (non-hydrogen) atoms. The van der Waals surface area contributed by atoms with E-state index < -0.39 is 0 Å². The quantitative estimate of drug-likeness (QED) is 0.682. The number of halogens is 1. The van der Waals surface area contributed by atoms with Gasteiger partial charge in [-0.15, -0.1) is 0 Å². The van der Waals surface area contributed by atoms with Crippen LogP contribution >= 0.6 is 0 Å². The number of nitriles is 1. The van der Waals surface area contributed by atoms with Gasteiger partial charge in [-0.25, -0.2) is 4.39 Å². The Balaban J connectivity index is 2.26. The van der Waals surface area contributed by atoms with Gasteiger partial charge in [0.1, 0.15) is 17.7 Å². The van der Waals surface area contributed by atoms with Gasteiger partial charge in [0.05, 0.1) is 11.3 Å². The molecule has 2 aliphatic rings. The van der Waals surface area contributed by atoms with Crippen LogP contribution < -0.4 is 4.90 Å². The molecule has 0 spiro atoms. The monoisotopic (exact) mass is 227 g/mol. The lowest BCUT2D eigenvalue weighted by Gasteiger charge is -2.33. The zero-order chi connectivity index (χ0) is 11.8. The van der Waals surface area contributed by atoms with Crippen molar-refractivity contribution in [2.24, 2.45) is 4.99 Å². The summed E-state index contributed by atoms with van der Waals surface area (Å²) in [6, 6.07) is 7.06. The predicted molar refractivity (Wildman–Crippen MR) is 64.3 cm³/mol. The summed E-state index contributed by atoms with van der Waals surface area (Å²) in [5, 5.41) is 9.10. The van der Waals surface area contributed by atoms with Crippen molar-refractivity contribution in [3.05, 3.63) is 35.2 Å². The van der Waals surface area contributed by atoms with Crippen molar-refractivity contribution < 1.29 is 4.39 Å². The highest BCUT2D eigenvalue weighted by molar-refractivity contribution is 6.18. The molecule has 0 saturated heterocycles. The second kappa shape index (κ2) is 3.70. The van der Waals surface area contributed by atoms with Crippen molar-refractivity contribution in [1.82, 2.24) is 0 Å². The van der Waals surface area contributed by atoms with E-state index >= 15 is 0 Å². The third kappa shape index (κ3) is 1.43. The summed E-state index contributed by atoms with van der Waals surface area (Å²) >= 11 is 0. The van der Waals surface area contributed by atoms with Crippen LogP contribution in [0.4, 0.5) is 10.1 Å². The zero-order valence-corrected chi connectivity index (χ0v) is 9.15. The molecule has 0 radical (unpaired) electrons. The predicted octanol–water partition coefficient (Wildman–Crippen LogP) is 2.35. The first-order valence-electron chi connectivity index (χ1n) is 5.54. The minimum atomic E-state index is -0.292. The molecule has 84 valence electrons. The van der Waals surface area contributed by atoms with Gasteiger partial charge in [-0.3, -0.25) is 4.99 Å². The molecular weight excluding hydrogens is 217 g/mol. The van der Waals surface area contributed by atoms with Gasteiger partial charge < -0.3 is 4.90 Å². The smallest absolute Gasteiger partial charge is 0.146 e. The van der Waals surface area contributed by atoms with Gasteiger partial charge in [0.2, 0.25) is 0 Å². The van der Waals surface area contributed by atoms with Crippen LogP contribution in [0.15, 0.2) is 28.8 Å². The summed E-state index contributed by atoms with van der Waals surface area (Å²) in [5.74, 6) is 0.386. The Hall–Kier alpha value is -2.15. The Labute approximate surface area is 98.5 Å². The van der Waals surface area contributed by atoms with Crippen LogP contribution in [0.5, 0.6) is 0 Å². The topological polar surface area (TPSA) is 39.4 Å². The molecule has 0 fully saturated rings. The second-order valence-corrected chi connectivity index (χ2v) is 4.05. The molecule has 3 nitrogen and oxygen atoms in total. The molecular formula is C13H10FN3. The van der Waals surface area contributed by atoms with Crippen molar-refractivity contribution in [1.29, 1.82) is 5.26 Å². The number of nitrogens with zero attached hydrogens (tertiary/aromatic N) is 3. The van der Waals surface area contributed by atoms with E-state index in [1.54, 1.807) is 12.1 Å². The van der Waals surface area contributed by atoms with Crippen LogP contribution in [0.25, 0.3) is 6.08 Å². The minimum absolute atomic E-state index is 0.292. The number of hydrogen-bond donors (Lipinski definition) is 0. The second-order valence-electron chi connectivity index (χ2n) is 4.05. The molecule has 1 aromatic carbocycles. The molecule has 2 heterocycles. The molecule has 0 atom stereocenters. The van der Waals surface area contributed by atoms with Crippen molar-refractivity contribution in [3.63, 3.8) is 0 Å². The van der Waals surface area contributed by atoms with Crippen LogP contribution in [0.1, 0.15) is 12.0 Å². The summed E-state index contributed by atoms with van der Waals surface area (Å²) in [4.78, 5) is 6.29. The molecule has 3 rings (SSSR count). The maximum atomic E-state index is 13.7. The zero-order valence-electron chi connectivity index (χ0n) is 9.15. The Morgan fingerprint density at radius 3 is 3.12 bits per heavy atom. The SMILES string of the molecule is N#CC1=Cc2c(F)cccc2N2CCCN=C12. The van der Waals surface area contributed by atoms with Crippen LogP contribution in [0, 0.1) is 17.1 Å². The van der Waals surface area contributed by atoms with E-state index in [9.17, 15) is 4.39 Å². The van der Waals surface area contributed by atoms with Crippen molar-refractivity contribution in [2.45, 2.75) is 6.42 Å². The Morgan fingerprint density at radius 2 is 2.29 bits per heavy atom. The largest absolute Gasteiger partial charge is 0.325 e. The van der Waals surface area contributed by atoms with Gasteiger partial charge in [-0.2, -0.15) is 5.26 Å². The molecule has 0 unspecified atom stereocenters. The highest BCUT2D eigenvalue weighted by Gasteiger charge is 2.27. The number of rotatable bonds is 0. The van der Waals surface area contributed by atoms with Crippen LogP contribution in [-0.2, 0) is 0 Å². The summed E-state index contributed by atoms with van der Waals surface area (Å²) in [7, 11) is 0. The van der Waals surface area contributed by atoms with Crippen molar-refractivity contribution in [2.75, 3.05) is 18.0 Å². The lowest BCUT2D eigenvalue weighted by Crippen LogP contribution is -2.39. The van der Waals surface area contributed by atoms with Gasteiger partial charge in [0, 0.05) is 18.7 Å². The lowest BCUT2D eigenvalue weighted by atomic mass is 10.0. The maximum Gasteiger partial charge on any atom is 0.146 e. The molecule has 0 bridgehead atoms. The first kappa shape index (κ1) is 10.0. The van der Waals surface area contributed by atoms with Crippen LogP contribution in [0.3, 0.4) is 0 Å². The van der Waals surface area contributed by atoms with E-state index in [2.05, 4.69) is 11.1 Å². The van der Waals surface area contributed by atoms with E-state index in [1.807, 2.05) is 11.0 Å². The Kier molecular flexibility index (Phi) is 2.19. The van der Waals surface area contributed by atoms with Gasteiger partial charge in [-0.05, 0) is 24.6 Å². The van der Waals surface area contributed by atoms with Gasteiger partial charge >= 0.3 is 0 Å². The van der Waals surface area contributed by atoms with Crippen LogP contribution in [0.2, 0.25) is 0 Å². The Morgan fingerprint density at radius 1 is 1.41 bits per heavy atom. The molecule has 0 aromatic heterocycles. The van der Waals surface area contributed by atoms with Gasteiger partial charge in [0.25, 0.3) is 0 Å². The fourth-order valence-corrected chi connectivity index (χ4v) is 2.27. The standard InChI is InChI=1S/C13H10FN3/c14-11-3-1-4-12-10(11)7-9(8-15)13-16-5-2-6-17(12)13/h1,3-4,7H,2,5-6H2. The molecule has 0 saturated carbocycles. The van der Waals surface area contributed by atoms with Gasteiger partial charge in [0.15, 0.2) is 0 Å². The van der Waals surface area contributed by atoms with E-state index in [0.29, 0.717) is 17.0 Å². The maximum absolute atomic E-state index is 13.7. The van der Waals surface area contributed by atoms with Crippen LogP contribution in [-0.4, -0.2) is 18.9 Å². The highest BCUT2D eigenvalue weighted by Crippen LogP contribution is 2.33. The summed E-state index contributed by atoms with van der Waals surface area (Å²) in [5.41, 5.74) is 1.75. The number of amidine groups is 1. The number of benzene rings is 1. The number of aliphatic imine (C=N–C) groups is 1. The van der Waals surface area contributed by atoms with Gasteiger partial charge in [-0.1, -0.05) is 6.07 Å². The molecule has 0 amide bonds. The number of hydrogen-bond acceptors (Lipinski definition) is 3. The average molecular weight is 227 g/mol. The molecule has 1 aromatic rings. The van der Waals surface area contributed by atoms with Crippen molar-refractivity contribution >= 4 is 17.6 Å². The highest BCUT2D eigenvalue weighted by atomic mass is 19.1. The van der Waals surface area contributed by atoms with E-state index in [1.165, 1.54) is 6.07 Å². The normalized spacial score (nSPS) is 17.5. The summed E-state index contributed by atoms with van der Waals surface area (Å²) in [6.07, 6.45) is 2.52. The first-order valence-corrected chi connectivity index (χ1v) is 5.54. The van der Waals surface area contributed by atoms with E-state index in [-0.39, 0.29) is 5.82 Å². The first-order chi connectivity index (χ1) is 8.31. The lowest BCUT2D eigenvalue weighted by molar-refractivity contribution is 0.624. The molecule has 4 heteroatoms. The number of fused-ring (bicyclic) bond motifs is 3. The average Bonchev–Trinajstić information content (AvgIpc) is 2.38.